The predicted molar refractivity (Wildman–Crippen MR) is 102 cm³/mol. The third-order valence-electron chi connectivity index (χ3n) is 3.83. The molecule has 0 radical (unpaired) electrons. The van der Waals surface area contributed by atoms with Crippen LogP contribution >= 0.6 is 0 Å². The summed E-state index contributed by atoms with van der Waals surface area (Å²) < 4.78 is 0. The van der Waals surface area contributed by atoms with E-state index in [1.165, 1.54) is 28.0 Å². The van der Waals surface area contributed by atoms with Gasteiger partial charge >= 0.3 is 0 Å². The van der Waals surface area contributed by atoms with Gasteiger partial charge in [0.2, 0.25) is 0 Å². The number of hydrogen-bond acceptors (Lipinski definition) is 1. The average molecular weight is 300 g/mol. The molecule has 1 rings (SSSR count). The molecular formula is C21H33N. The summed E-state index contributed by atoms with van der Waals surface area (Å²) in [4.78, 5) is 2.30. The summed E-state index contributed by atoms with van der Waals surface area (Å²) in [5.74, 6) is 0. The largest absolute Gasteiger partial charge is 0.368 e. The second kappa shape index (κ2) is 9.30. The Labute approximate surface area is 138 Å². The summed E-state index contributed by atoms with van der Waals surface area (Å²) in [6, 6.07) is 0.383. The average Bonchev–Trinajstić information content (AvgIpc) is 2.67. The number of allylic oxidation sites excluding steroid dienone is 7. The van der Waals surface area contributed by atoms with Crippen molar-refractivity contribution < 1.29 is 0 Å². The molecule has 0 fully saturated rings. The summed E-state index contributed by atoms with van der Waals surface area (Å²) in [5, 5.41) is 0. The first-order chi connectivity index (χ1) is 10.3. The molecule has 0 aromatic carbocycles. The highest BCUT2D eigenvalue weighted by atomic mass is 15.2. The summed E-state index contributed by atoms with van der Waals surface area (Å²) in [6.45, 7) is 22.6. The zero-order valence-corrected chi connectivity index (χ0v) is 15.7. The summed E-state index contributed by atoms with van der Waals surface area (Å²) in [5.41, 5.74) is 7.40. The number of rotatable bonds is 4. The van der Waals surface area contributed by atoms with Crippen LogP contribution in [0.2, 0.25) is 0 Å². The van der Waals surface area contributed by atoms with E-state index in [9.17, 15) is 0 Å². The minimum Gasteiger partial charge on any atom is -0.368 e. The summed E-state index contributed by atoms with van der Waals surface area (Å²) >= 11 is 0. The smallest absolute Gasteiger partial charge is 0.0514 e. The highest BCUT2D eigenvalue weighted by Gasteiger charge is 2.26. The van der Waals surface area contributed by atoms with Crippen molar-refractivity contribution >= 4 is 0 Å². The molecule has 0 saturated heterocycles. The molecule has 1 aliphatic heterocycles. The Bertz CT molecular complexity index is 534. The predicted octanol–water partition coefficient (Wildman–Crippen LogP) is 6.20. The van der Waals surface area contributed by atoms with Crippen LogP contribution in [-0.4, -0.2) is 18.0 Å². The van der Waals surface area contributed by atoms with E-state index < -0.39 is 0 Å². The lowest BCUT2D eigenvalue weighted by Gasteiger charge is -2.22. The second-order valence-electron chi connectivity index (χ2n) is 5.75. The highest BCUT2D eigenvalue weighted by molar-refractivity contribution is 5.52. The monoisotopic (exact) mass is 299 g/mol. The lowest BCUT2D eigenvalue weighted by Crippen LogP contribution is -2.23. The minimum atomic E-state index is 0.383. The molecule has 0 aliphatic carbocycles. The quantitative estimate of drug-likeness (QED) is 0.558. The van der Waals surface area contributed by atoms with Crippen molar-refractivity contribution in [3.05, 3.63) is 71.0 Å². The molecule has 1 nitrogen and oxygen atoms in total. The van der Waals surface area contributed by atoms with Crippen molar-refractivity contribution in [2.75, 3.05) is 7.05 Å². The number of likely N-dealkylation sites (N-methyl/N-ethyl adjacent to an activating group) is 1. The van der Waals surface area contributed by atoms with E-state index in [2.05, 4.69) is 71.0 Å². The van der Waals surface area contributed by atoms with Crippen molar-refractivity contribution in [2.24, 2.45) is 0 Å². The molecule has 1 heterocycles. The standard InChI is InChI=1S/C19H27N.C2H6/c1-9-18-15(6)19(20(8)16(18)7)12-17(14(4)5)11-10-13(2)3;1-2/h9-12,16H,1,4H2,2-3,5-8H3;1-2H3/b17-11-,19-12-;. The fourth-order valence-corrected chi connectivity index (χ4v) is 2.39. The SMILES string of the molecule is C=CC1=C(C)/C(=C/C(=C/C=C(C)C)C(=C)C)N(C)C1C.CC. The molecule has 22 heavy (non-hydrogen) atoms. The van der Waals surface area contributed by atoms with E-state index in [1.807, 2.05) is 26.8 Å². The van der Waals surface area contributed by atoms with E-state index in [4.69, 9.17) is 0 Å². The Morgan fingerprint density at radius 2 is 1.68 bits per heavy atom. The number of nitrogens with zero attached hydrogens (tertiary/aromatic N) is 1. The molecule has 0 saturated carbocycles. The molecule has 0 aromatic rings. The molecule has 1 heteroatoms. The van der Waals surface area contributed by atoms with E-state index in [0.29, 0.717) is 6.04 Å². The van der Waals surface area contributed by atoms with Crippen LogP contribution in [0.5, 0.6) is 0 Å². The van der Waals surface area contributed by atoms with E-state index in [-0.39, 0.29) is 0 Å². The van der Waals surface area contributed by atoms with Crippen LogP contribution in [0.25, 0.3) is 0 Å². The molecule has 0 spiro atoms. The van der Waals surface area contributed by atoms with Crippen molar-refractivity contribution in [3.8, 4) is 0 Å². The van der Waals surface area contributed by atoms with Gasteiger partial charge in [-0.15, -0.1) is 0 Å². The van der Waals surface area contributed by atoms with Gasteiger partial charge < -0.3 is 4.90 Å². The van der Waals surface area contributed by atoms with E-state index in [1.54, 1.807) is 0 Å². The molecule has 1 unspecified atom stereocenters. The van der Waals surface area contributed by atoms with Gasteiger partial charge in [0, 0.05) is 12.7 Å². The van der Waals surface area contributed by atoms with Crippen molar-refractivity contribution in [2.45, 2.75) is 54.5 Å². The molecule has 122 valence electrons. The van der Waals surface area contributed by atoms with Gasteiger partial charge in [-0.1, -0.05) is 56.4 Å². The Morgan fingerprint density at radius 1 is 1.14 bits per heavy atom. The van der Waals surface area contributed by atoms with E-state index >= 15 is 0 Å². The van der Waals surface area contributed by atoms with Gasteiger partial charge in [0.15, 0.2) is 0 Å². The first kappa shape index (κ1) is 20.2. The van der Waals surface area contributed by atoms with Crippen molar-refractivity contribution in [1.82, 2.24) is 4.90 Å². The molecule has 0 aromatic heterocycles. The maximum Gasteiger partial charge on any atom is 0.0514 e. The maximum absolute atomic E-state index is 4.09. The Kier molecular flexibility index (Phi) is 8.55. The van der Waals surface area contributed by atoms with Crippen LogP contribution < -0.4 is 0 Å². The lowest BCUT2D eigenvalue weighted by molar-refractivity contribution is 0.396. The van der Waals surface area contributed by atoms with Crippen LogP contribution in [0, 0.1) is 0 Å². The highest BCUT2D eigenvalue weighted by Crippen LogP contribution is 2.33. The zero-order chi connectivity index (χ0) is 17.4. The van der Waals surface area contributed by atoms with Crippen LogP contribution in [0.3, 0.4) is 0 Å². The fraction of sp³-hybridized carbons (Fsp3) is 0.429. The van der Waals surface area contributed by atoms with Gasteiger partial charge in [0.25, 0.3) is 0 Å². The Hall–Kier alpha value is -1.76. The maximum atomic E-state index is 4.09. The third-order valence-corrected chi connectivity index (χ3v) is 3.83. The first-order valence-corrected chi connectivity index (χ1v) is 8.08. The Balaban J connectivity index is 0.00000211. The summed E-state index contributed by atoms with van der Waals surface area (Å²) in [6.07, 6.45) is 8.47. The molecule has 0 amide bonds. The minimum absolute atomic E-state index is 0.383. The Morgan fingerprint density at radius 3 is 2.05 bits per heavy atom. The molecular weight excluding hydrogens is 266 g/mol. The van der Waals surface area contributed by atoms with Crippen molar-refractivity contribution in [3.63, 3.8) is 0 Å². The third kappa shape index (κ3) is 4.91. The van der Waals surface area contributed by atoms with E-state index in [0.717, 1.165) is 5.57 Å². The van der Waals surface area contributed by atoms with Gasteiger partial charge in [-0.2, -0.15) is 0 Å². The second-order valence-corrected chi connectivity index (χ2v) is 5.75. The van der Waals surface area contributed by atoms with Crippen LogP contribution in [-0.2, 0) is 0 Å². The van der Waals surface area contributed by atoms with Gasteiger partial charge in [0.1, 0.15) is 0 Å². The topological polar surface area (TPSA) is 3.24 Å². The van der Waals surface area contributed by atoms with Gasteiger partial charge in [-0.05, 0) is 57.4 Å². The molecule has 1 atom stereocenters. The first-order valence-electron chi connectivity index (χ1n) is 8.08. The van der Waals surface area contributed by atoms with Gasteiger partial charge in [-0.3, -0.25) is 0 Å². The normalized spacial score (nSPS) is 19.8. The zero-order valence-electron chi connectivity index (χ0n) is 15.7. The lowest BCUT2D eigenvalue weighted by atomic mass is 10.0. The van der Waals surface area contributed by atoms with Gasteiger partial charge in [0.05, 0.1) is 6.04 Å². The van der Waals surface area contributed by atoms with Gasteiger partial charge in [-0.25, -0.2) is 0 Å². The van der Waals surface area contributed by atoms with Crippen LogP contribution in [0.15, 0.2) is 71.0 Å². The molecule has 0 bridgehead atoms. The molecule has 1 aliphatic rings. The fourth-order valence-electron chi connectivity index (χ4n) is 2.39. The number of hydrogen-bond donors (Lipinski definition) is 0. The van der Waals surface area contributed by atoms with Crippen molar-refractivity contribution in [1.29, 1.82) is 0 Å². The van der Waals surface area contributed by atoms with Crippen LogP contribution in [0.1, 0.15) is 48.5 Å². The van der Waals surface area contributed by atoms with Crippen LogP contribution in [0.4, 0.5) is 0 Å². The summed E-state index contributed by atoms with van der Waals surface area (Å²) in [7, 11) is 2.13. The molecule has 0 N–H and O–H groups in total.